The summed E-state index contributed by atoms with van der Waals surface area (Å²) in [6.45, 7) is 0. The molecule has 3 N–H and O–H groups in total. The minimum absolute atomic E-state index is 0. The molecule has 0 rings (SSSR count). The number of hydrogen-bond acceptors (Lipinski definition) is 4. The van der Waals surface area contributed by atoms with E-state index in [1.54, 1.807) is 0 Å². The summed E-state index contributed by atoms with van der Waals surface area (Å²) in [5.41, 5.74) is 0. The number of carboxylic acid groups (broad SMARTS) is 1. The van der Waals surface area contributed by atoms with Gasteiger partial charge in [0.2, 0.25) is 15.9 Å². The van der Waals surface area contributed by atoms with Crippen LogP contribution in [0.5, 0.6) is 0 Å². The second-order valence-electron chi connectivity index (χ2n) is 2.66. The van der Waals surface area contributed by atoms with E-state index in [0.717, 1.165) is 6.26 Å². The third-order valence-corrected chi connectivity index (χ3v) is 2.04. The first kappa shape index (κ1) is 19.4. The minimum Gasteiger partial charge on any atom is -0.480 e. The summed E-state index contributed by atoms with van der Waals surface area (Å²) in [4.78, 5) is 21.3. The van der Waals surface area contributed by atoms with Crippen LogP contribution in [-0.2, 0) is 19.6 Å². The van der Waals surface area contributed by atoms with Crippen LogP contribution in [0.1, 0.15) is 13.8 Å². The summed E-state index contributed by atoms with van der Waals surface area (Å²) in [6.07, 6.45) is 0.395. The normalized spacial score (nSPS) is 11.6. The van der Waals surface area contributed by atoms with Gasteiger partial charge in [-0.05, 0) is 0 Å². The van der Waals surface area contributed by atoms with Gasteiger partial charge in [0, 0.05) is 7.05 Å². The van der Waals surface area contributed by atoms with E-state index >= 15 is 0 Å². The maximum absolute atomic E-state index is 10.8. The van der Waals surface area contributed by atoms with E-state index in [9.17, 15) is 18.0 Å². The van der Waals surface area contributed by atoms with Crippen LogP contribution in [0.15, 0.2) is 0 Å². The van der Waals surface area contributed by atoms with Crippen molar-refractivity contribution in [2.24, 2.45) is 0 Å². The molecule has 0 aliphatic rings. The first-order chi connectivity index (χ1) is 6.26. The Hall–Kier alpha value is -2.15. The fourth-order valence-electron chi connectivity index (χ4n) is 0.725. The monoisotopic (exact) mass is 518 g/mol. The second kappa shape index (κ2) is 7.18. The fourth-order valence-corrected chi connectivity index (χ4v) is 1.43. The number of rotatable bonds is 5. The van der Waals surface area contributed by atoms with Crippen molar-refractivity contribution in [3.05, 3.63) is 0 Å². The van der Waals surface area contributed by atoms with Gasteiger partial charge in [0.1, 0.15) is 6.04 Å². The van der Waals surface area contributed by atoms with Gasteiger partial charge in [-0.15, -0.1) is 0 Å². The van der Waals surface area contributed by atoms with Crippen molar-refractivity contribution in [3.8, 4) is 0 Å². The van der Waals surface area contributed by atoms with Gasteiger partial charge in [-0.3, -0.25) is 9.59 Å². The van der Waals surface area contributed by atoms with Crippen LogP contribution in [0, 0.1) is 0 Å². The molecule has 0 aromatic heterocycles. The van der Waals surface area contributed by atoms with Crippen molar-refractivity contribution >= 4 is 21.9 Å². The Bertz CT molecular complexity index is 330. The second-order valence-corrected chi connectivity index (χ2v) is 4.44. The van der Waals surface area contributed by atoms with E-state index in [1.165, 1.54) is 7.05 Å². The molecule has 0 bridgehead atoms. The Morgan fingerprint density at radius 2 is 1.81 bits per heavy atom. The Morgan fingerprint density at radius 1 is 1.38 bits per heavy atom. The Morgan fingerprint density at radius 3 is 2.06 bits per heavy atom. The van der Waals surface area contributed by atoms with Gasteiger partial charge < -0.3 is 10.4 Å². The molecule has 0 fully saturated rings. The van der Waals surface area contributed by atoms with Crippen LogP contribution in [-0.4, -0.2) is 44.7 Å². The largest absolute Gasteiger partial charge is 0.480 e. The van der Waals surface area contributed by atoms with Crippen LogP contribution < -0.4 is 10.0 Å². The third kappa shape index (κ3) is 8.45. The van der Waals surface area contributed by atoms with E-state index in [4.69, 9.17) is 5.11 Å². The van der Waals surface area contributed by atoms with E-state index in [2.05, 4.69) is 5.32 Å². The molecule has 9 heteroatoms. The van der Waals surface area contributed by atoms with Gasteiger partial charge in [0.05, 0.1) is 12.7 Å². The molecule has 1 unspecified atom stereocenters. The van der Waals surface area contributed by atoms with Crippen molar-refractivity contribution in [1.29, 1.82) is 0 Å². The van der Waals surface area contributed by atoms with Gasteiger partial charge in [-0.25, -0.2) is 13.1 Å². The first-order valence-electron chi connectivity index (χ1n) is 3.67. The van der Waals surface area contributed by atoms with Gasteiger partial charge >= 0.3 is 5.97 Å². The predicted molar refractivity (Wildman–Crippen MR) is 54.8 cm³/mol. The van der Waals surface area contributed by atoms with Crippen molar-refractivity contribution in [2.75, 3.05) is 13.3 Å². The molecule has 0 saturated heterocycles. The van der Waals surface area contributed by atoms with Crippen LogP contribution in [0.2, 0.25) is 0 Å². The summed E-state index contributed by atoms with van der Waals surface area (Å²) < 4.78 is 23.3. The molecule has 16 heavy (non-hydrogen) atoms. The van der Waals surface area contributed by atoms with Crippen LogP contribution in [0.25, 0.3) is 0 Å². The van der Waals surface area contributed by atoms with E-state index < -0.39 is 34.4 Å². The quantitative estimate of drug-likeness (QED) is 0.422. The molecular formula is C7H16MtN2O5S. The average Bonchev–Trinajstić information content (AvgIpc) is 2.00. The average molecular weight is 518 g/mol. The molecule has 0 heterocycles. The number of carbonyl (C=O) groups excluding carboxylic acids is 1. The van der Waals surface area contributed by atoms with Gasteiger partial charge in [0.15, 0.2) is 0 Å². The molecule has 1 atom stereocenters. The third-order valence-electron chi connectivity index (χ3n) is 1.32. The zero-order valence-corrected chi connectivity index (χ0v) is 15.9. The molecular weight excluding hydrogens is 502 g/mol. The summed E-state index contributed by atoms with van der Waals surface area (Å²) >= 11 is 0. The molecule has 7 nitrogen and oxygen atoms in total. The van der Waals surface area contributed by atoms with Crippen LogP contribution >= 0.6 is 0 Å². The first-order valence-corrected chi connectivity index (χ1v) is 5.56. The molecule has 0 aromatic carbocycles. The Kier molecular flexibility index (Phi) is 8.72. The number of carbonyl (C=O) groups is 2. The van der Waals surface area contributed by atoms with Crippen molar-refractivity contribution in [2.45, 2.75) is 19.9 Å². The molecule has 92 valence electrons. The molecule has 0 aliphatic carbocycles. The summed E-state index contributed by atoms with van der Waals surface area (Å²) in [5, 5.41) is 10.8. The van der Waals surface area contributed by atoms with E-state index in [-0.39, 0.29) is 7.43 Å². The van der Waals surface area contributed by atoms with Gasteiger partial charge in [-0.1, -0.05) is 7.43 Å². The fraction of sp³-hybridized carbons (Fsp3) is 0.714. The number of hydrogen-bond donors (Lipinski definition) is 3. The molecule has 0 aliphatic heterocycles. The zero-order chi connectivity index (χ0) is 11.4. The Labute approximate surface area is 88.9 Å². The Balaban J connectivity index is -0.000000845. The number of amides is 1. The minimum atomic E-state index is -3.63. The van der Waals surface area contributed by atoms with Crippen molar-refractivity contribution in [1.82, 2.24) is 10.0 Å². The smallest absolute Gasteiger partial charge is 0.322 e. The van der Waals surface area contributed by atoms with Crippen LogP contribution in [0.3, 0.4) is 0 Å². The topological polar surface area (TPSA) is 113 Å². The molecule has 0 saturated carbocycles. The zero-order valence-electron chi connectivity index (χ0n) is 8.48. The summed E-state index contributed by atoms with van der Waals surface area (Å²) in [7, 11) is -2.30. The molecule has 0 aromatic rings. The SMILES string of the molecule is C.CNC(=O)CC(NS(C)(=O)=O)C(=O)O.[Mt]. The van der Waals surface area contributed by atoms with Gasteiger partial charge in [0.25, 0.3) is 0 Å². The van der Waals surface area contributed by atoms with E-state index in [0.29, 0.717) is 0 Å². The van der Waals surface area contributed by atoms with E-state index in [1.807, 2.05) is 4.72 Å². The number of nitrogens with one attached hydrogen (secondary N) is 2. The standard InChI is InChI=1S/C6H12N2O5S.CH4.Mt/c1-7-5(9)3-4(6(10)11)8-14(2,12)13;;/h4,8H,3H2,1-2H3,(H,7,9)(H,10,11);1H4;. The maximum Gasteiger partial charge on any atom is 0.322 e. The van der Waals surface area contributed by atoms with Crippen molar-refractivity contribution in [3.63, 3.8) is 0 Å². The molecule has 1 amide bonds. The van der Waals surface area contributed by atoms with Crippen LogP contribution in [0.4, 0.5) is 0 Å². The number of carboxylic acids is 1. The van der Waals surface area contributed by atoms with Crippen molar-refractivity contribution < 1.29 is 23.1 Å². The molecule has 0 spiro atoms. The summed E-state index contributed by atoms with van der Waals surface area (Å²) in [6, 6.07) is -1.43. The number of sulfonamides is 1. The maximum atomic E-state index is 10.8. The summed E-state index contributed by atoms with van der Waals surface area (Å²) in [5.74, 6) is -1.94. The predicted octanol–water partition coefficient (Wildman–Crippen LogP) is -1.24. The number of aliphatic carboxylic acids is 1. The van der Waals surface area contributed by atoms with Gasteiger partial charge in [-0.2, -0.15) is 0 Å². The molecule has 0 radical (unpaired) electrons.